The van der Waals surface area contributed by atoms with Gasteiger partial charge in [0.25, 0.3) is 0 Å². The predicted molar refractivity (Wildman–Crippen MR) is 88.0 cm³/mol. The van der Waals surface area contributed by atoms with Crippen LogP contribution in [0.25, 0.3) is 0 Å². The van der Waals surface area contributed by atoms with Gasteiger partial charge in [-0.25, -0.2) is 8.42 Å². The summed E-state index contributed by atoms with van der Waals surface area (Å²) in [5.41, 5.74) is 1.20. The van der Waals surface area contributed by atoms with E-state index in [1.807, 2.05) is 12.1 Å². The van der Waals surface area contributed by atoms with Crippen molar-refractivity contribution in [1.82, 2.24) is 9.21 Å². The molecule has 128 valence electrons. The fraction of sp³-hybridized carbons (Fsp3) is 0.625. The molecule has 0 amide bonds. The number of likely N-dealkylation sites (tertiary alicyclic amines) is 1. The molecule has 1 aromatic carbocycles. The van der Waals surface area contributed by atoms with E-state index in [1.54, 1.807) is 11.4 Å². The number of morpholine rings is 1. The smallest absolute Gasteiger partial charge is 0.211 e. The maximum atomic E-state index is 12.0. The number of hydrogen-bond acceptors (Lipinski definition) is 5. The third-order valence-electron chi connectivity index (χ3n) is 4.61. The van der Waals surface area contributed by atoms with Gasteiger partial charge in [0.05, 0.1) is 32.1 Å². The summed E-state index contributed by atoms with van der Waals surface area (Å²) >= 11 is 0. The Hall–Kier alpha value is -1.15. The van der Waals surface area contributed by atoms with Gasteiger partial charge in [-0.05, 0) is 24.1 Å². The third kappa shape index (κ3) is 3.85. The van der Waals surface area contributed by atoms with E-state index < -0.39 is 10.0 Å². The van der Waals surface area contributed by atoms with Gasteiger partial charge in [0.15, 0.2) is 0 Å². The summed E-state index contributed by atoms with van der Waals surface area (Å²) in [5.74, 6) is 0.844. The van der Waals surface area contributed by atoms with Crippen LogP contribution in [0.3, 0.4) is 0 Å². The quantitative estimate of drug-likeness (QED) is 0.816. The number of rotatable bonds is 4. The summed E-state index contributed by atoms with van der Waals surface area (Å²) in [6, 6.07) is 7.93. The average molecular weight is 340 g/mol. The first-order chi connectivity index (χ1) is 11.0. The van der Waals surface area contributed by atoms with Crippen LogP contribution in [0.2, 0.25) is 0 Å². The van der Waals surface area contributed by atoms with Gasteiger partial charge in [0, 0.05) is 26.2 Å². The van der Waals surface area contributed by atoms with Gasteiger partial charge in [-0.3, -0.25) is 4.90 Å². The van der Waals surface area contributed by atoms with Crippen molar-refractivity contribution in [3.05, 3.63) is 29.8 Å². The minimum Gasteiger partial charge on any atom is -0.497 e. The van der Waals surface area contributed by atoms with E-state index in [0.29, 0.717) is 19.7 Å². The van der Waals surface area contributed by atoms with E-state index in [-0.39, 0.29) is 12.1 Å². The minimum atomic E-state index is -3.19. The normalized spacial score (nSPS) is 26.7. The van der Waals surface area contributed by atoms with Crippen molar-refractivity contribution in [2.24, 2.45) is 0 Å². The zero-order chi connectivity index (χ0) is 16.4. The Morgan fingerprint density at radius 1 is 1.26 bits per heavy atom. The summed E-state index contributed by atoms with van der Waals surface area (Å²) in [7, 11) is -1.54. The molecule has 1 aromatic rings. The lowest BCUT2D eigenvalue weighted by atomic mass is 10.00. The molecule has 0 aliphatic carbocycles. The molecular weight excluding hydrogens is 316 g/mol. The number of benzene rings is 1. The Morgan fingerprint density at radius 3 is 2.65 bits per heavy atom. The van der Waals surface area contributed by atoms with Crippen LogP contribution in [0.15, 0.2) is 24.3 Å². The Bertz CT molecular complexity index is 632. The fourth-order valence-corrected chi connectivity index (χ4v) is 4.55. The molecule has 2 aliphatic heterocycles. The van der Waals surface area contributed by atoms with Crippen LogP contribution < -0.4 is 4.74 Å². The molecule has 0 saturated carbocycles. The largest absolute Gasteiger partial charge is 0.497 e. The molecule has 0 aromatic heterocycles. The average Bonchev–Trinajstić information content (AvgIpc) is 2.54. The summed E-state index contributed by atoms with van der Waals surface area (Å²) in [6.45, 7) is 3.39. The molecule has 0 unspecified atom stereocenters. The van der Waals surface area contributed by atoms with Crippen molar-refractivity contribution in [3.63, 3.8) is 0 Å². The van der Waals surface area contributed by atoms with Gasteiger partial charge in [-0.1, -0.05) is 12.1 Å². The lowest BCUT2D eigenvalue weighted by molar-refractivity contribution is -0.0768. The minimum absolute atomic E-state index is 0.0191. The molecule has 0 N–H and O–H groups in total. The maximum Gasteiger partial charge on any atom is 0.211 e. The van der Waals surface area contributed by atoms with Crippen molar-refractivity contribution >= 4 is 10.0 Å². The molecule has 3 rings (SSSR count). The van der Waals surface area contributed by atoms with Crippen LogP contribution in [0, 0.1) is 0 Å². The zero-order valence-corrected chi connectivity index (χ0v) is 14.5. The van der Waals surface area contributed by atoms with Gasteiger partial charge >= 0.3 is 0 Å². The van der Waals surface area contributed by atoms with E-state index in [1.165, 1.54) is 11.8 Å². The van der Waals surface area contributed by atoms with Gasteiger partial charge in [-0.2, -0.15) is 4.31 Å². The fourth-order valence-electron chi connectivity index (χ4n) is 3.45. The lowest BCUT2D eigenvalue weighted by Crippen LogP contribution is -2.60. The number of methoxy groups -OCH3 is 1. The van der Waals surface area contributed by atoms with E-state index in [9.17, 15) is 8.42 Å². The Balaban J connectivity index is 1.68. The van der Waals surface area contributed by atoms with Gasteiger partial charge < -0.3 is 9.47 Å². The van der Waals surface area contributed by atoms with Crippen molar-refractivity contribution in [2.75, 3.05) is 39.6 Å². The number of hydrogen-bond donors (Lipinski definition) is 0. The van der Waals surface area contributed by atoms with Crippen molar-refractivity contribution < 1.29 is 17.9 Å². The highest BCUT2D eigenvalue weighted by molar-refractivity contribution is 7.88. The number of sulfonamides is 1. The molecule has 2 aliphatic rings. The number of ether oxygens (including phenoxy) is 2. The highest BCUT2D eigenvalue weighted by Gasteiger charge is 2.40. The van der Waals surface area contributed by atoms with Crippen molar-refractivity contribution in [3.8, 4) is 5.75 Å². The highest BCUT2D eigenvalue weighted by atomic mass is 32.2. The third-order valence-corrected chi connectivity index (χ3v) is 5.91. The zero-order valence-electron chi connectivity index (χ0n) is 13.6. The lowest BCUT2D eigenvalue weighted by Gasteiger charge is -2.45. The standard InChI is InChI=1S/C16H24N2O4S/c1-21-14-5-3-13(4-6-14)11-17-8-7-16-15(12-17)18(9-10-22-16)23(2,19)20/h3-6,15-16H,7-12H2,1-2H3/t15-,16-/m1/s1. The van der Waals surface area contributed by atoms with Crippen LogP contribution in [-0.2, 0) is 21.3 Å². The molecule has 0 bridgehead atoms. The monoisotopic (exact) mass is 340 g/mol. The maximum absolute atomic E-state index is 12.0. The van der Waals surface area contributed by atoms with Crippen molar-refractivity contribution in [2.45, 2.75) is 25.1 Å². The topological polar surface area (TPSA) is 59.1 Å². The first kappa shape index (κ1) is 16.7. The second-order valence-electron chi connectivity index (χ2n) is 6.22. The molecule has 0 radical (unpaired) electrons. The second kappa shape index (κ2) is 6.76. The molecular formula is C16H24N2O4S. The van der Waals surface area contributed by atoms with Crippen LogP contribution in [0.4, 0.5) is 0 Å². The van der Waals surface area contributed by atoms with Gasteiger partial charge in [0.1, 0.15) is 5.75 Å². The number of piperidine rings is 1. The Morgan fingerprint density at radius 2 is 2.00 bits per heavy atom. The Kier molecular flexibility index (Phi) is 4.91. The first-order valence-electron chi connectivity index (χ1n) is 7.91. The van der Waals surface area contributed by atoms with E-state index in [2.05, 4.69) is 17.0 Å². The van der Waals surface area contributed by atoms with Crippen LogP contribution in [0.5, 0.6) is 5.75 Å². The van der Waals surface area contributed by atoms with Crippen LogP contribution in [0.1, 0.15) is 12.0 Å². The summed E-state index contributed by atoms with van der Waals surface area (Å²) in [5, 5.41) is 0. The molecule has 7 heteroatoms. The van der Waals surface area contributed by atoms with E-state index in [0.717, 1.165) is 25.3 Å². The summed E-state index contributed by atoms with van der Waals surface area (Å²) in [4.78, 5) is 2.30. The van der Waals surface area contributed by atoms with Gasteiger partial charge in [0.2, 0.25) is 10.0 Å². The van der Waals surface area contributed by atoms with Crippen molar-refractivity contribution in [1.29, 1.82) is 0 Å². The highest BCUT2D eigenvalue weighted by Crippen LogP contribution is 2.26. The molecule has 6 nitrogen and oxygen atoms in total. The predicted octanol–water partition coefficient (Wildman–Crippen LogP) is 0.930. The van der Waals surface area contributed by atoms with Crippen LogP contribution >= 0.6 is 0 Å². The molecule has 2 fully saturated rings. The number of fused-ring (bicyclic) bond motifs is 1. The van der Waals surface area contributed by atoms with E-state index in [4.69, 9.17) is 9.47 Å². The number of nitrogens with zero attached hydrogens (tertiary/aromatic N) is 2. The molecule has 0 spiro atoms. The molecule has 23 heavy (non-hydrogen) atoms. The molecule has 2 heterocycles. The summed E-state index contributed by atoms with van der Waals surface area (Å²) in [6.07, 6.45) is 2.18. The SMILES string of the molecule is COc1ccc(CN2CC[C@H]3OCCN(S(C)(=O)=O)[C@@H]3C2)cc1. The van der Waals surface area contributed by atoms with Crippen LogP contribution in [-0.4, -0.2) is 69.4 Å². The van der Waals surface area contributed by atoms with Gasteiger partial charge in [-0.15, -0.1) is 0 Å². The molecule has 2 saturated heterocycles. The Labute approximate surface area is 138 Å². The second-order valence-corrected chi connectivity index (χ2v) is 8.16. The summed E-state index contributed by atoms with van der Waals surface area (Å²) < 4.78 is 36.6. The molecule has 2 atom stereocenters. The first-order valence-corrected chi connectivity index (χ1v) is 9.76. The van der Waals surface area contributed by atoms with E-state index >= 15 is 0 Å².